The van der Waals surface area contributed by atoms with Gasteiger partial charge in [-0.05, 0) is 23.8 Å². The lowest BCUT2D eigenvalue weighted by Gasteiger charge is -2.08. The number of para-hydroxylation sites is 1. The first-order valence-electron chi connectivity index (χ1n) is 6.38. The Hall–Kier alpha value is -1.58. The summed E-state index contributed by atoms with van der Waals surface area (Å²) in [4.78, 5) is 8.78. The number of hydrogen-bond acceptors (Lipinski definition) is 2. The molecule has 5 heteroatoms. The number of benzene rings is 1. The first-order chi connectivity index (χ1) is 9.79. The van der Waals surface area contributed by atoms with Gasteiger partial charge in [-0.25, -0.2) is 4.98 Å². The van der Waals surface area contributed by atoms with Crippen molar-refractivity contribution in [2.24, 2.45) is 0 Å². The van der Waals surface area contributed by atoms with Gasteiger partial charge in [-0.3, -0.25) is 4.98 Å². The second-order valence-electron chi connectivity index (χ2n) is 4.52. The summed E-state index contributed by atoms with van der Waals surface area (Å²) in [7, 11) is 0. The van der Waals surface area contributed by atoms with Crippen molar-refractivity contribution < 1.29 is 0 Å². The molecule has 0 amide bonds. The number of aromatic nitrogens is 3. The molecule has 2 aromatic heterocycles. The van der Waals surface area contributed by atoms with E-state index in [4.69, 9.17) is 23.2 Å². The van der Waals surface area contributed by atoms with E-state index < -0.39 is 0 Å². The Labute approximate surface area is 127 Å². The van der Waals surface area contributed by atoms with E-state index in [0.717, 1.165) is 29.0 Å². The highest BCUT2D eigenvalue weighted by atomic mass is 35.5. The molecule has 0 bridgehead atoms. The number of hydrogen-bond donors (Lipinski definition) is 0. The zero-order chi connectivity index (χ0) is 13.9. The van der Waals surface area contributed by atoms with Crippen molar-refractivity contribution in [3.8, 4) is 0 Å². The van der Waals surface area contributed by atoms with Gasteiger partial charge >= 0.3 is 0 Å². The quantitative estimate of drug-likeness (QED) is 0.684. The largest absolute Gasteiger partial charge is 0.323 e. The Morgan fingerprint density at radius 3 is 2.80 bits per heavy atom. The van der Waals surface area contributed by atoms with E-state index in [1.807, 2.05) is 36.5 Å². The van der Waals surface area contributed by atoms with Gasteiger partial charge in [0.2, 0.25) is 0 Å². The van der Waals surface area contributed by atoms with E-state index in [1.165, 1.54) is 0 Å². The molecule has 0 unspecified atom stereocenters. The lowest BCUT2D eigenvalue weighted by molar-refractivity contribution is 0.752. The minimum atomic E-state index is 0.536. The second-order valence-corrected chi connectivity index (χ2v) is 5.31. The van der Waals surface area contributed by atoms with E-state index in [-0.39, 0.29) is 0 Å². The predicted molar refractivity (Wildman–Crippen MR) is 82.5 cm³/mol. The fourth-order valence-corrected chi connectivity index (χ4v) is 2.67. The molecular weight excluding hydrogens is 293 g/mol. The van der Waals surface area contributed by atoms with Gasteiger partial charge in [-0.2, -0.15) is 0 Å². The third kappa shape index (κ3) is 2.51. The molecule has 0 spiro atoms. The van der Waals surface area contributed by atoms with Gasteiger partial charge in [-0.1, -0.05) is 23.7 Å². The molecule has 3 rings (SSSR count). The van der Waals surface area contributed by atoms with Gasteiger partial charge in [0.15, 0.2) is 0 Å². The van der Waals surface area contributed by atoms with E-state index >= 15 is 0 Å². The number of alkyl halides is 1. The molecule has 0 fully saturated rings. The molecule has 0 atom stereocenters. The number of nitrogens with zero attached hydrogens (tertiary/aromatic N) is 3. The molecular formula is C15H13Cl2N3. The summed E-state index contributed by atoms with van der Waals surface area (Å²) in [5.41, 5.74) is 2.99. The zero-order valence-corrected chi connectivity index (χ0v) is 12.3. The van der Waals surface area contributed by atoms with Crippen LogP contribution in [0.3, 0.4) is 0 Å². The Morgan fingerprint density at radius 2 is 2.05 bits per heavy atom. The van der Waals surface area contributed by atoms with Gasteiger partial charge < -0.3 is 4.57 Å². The van der Waals surface area contributed by atoms with Gasteiger partial charge in [0.05, 0.1) is 17.1 Å². The second kappa shape index (κ2) is 5.81. The standard InChI is InChI=1S/C15H13Cl2N3/c16-7-6-14-19-15-12(17)4-1-5-13(15)20(14)10-11-3-2-8-18-9-11/h1-5,8-9H,6-7,10H2. The Kier molecular flexibility index (Phi) is 3.90. The highest BCUT2D eigenvalue weighted by Gasteiger charge is 2.12. The van der Waals surface area contributed by atoms with Crippen LogP contribution in [0.2, 0.25) is 5.02 Å². The van der Waals surface area contributed by atoms with Crippen LogP contribution in [-0.4, -0.2) is 20.4 Å². The summed E-state index contributed by atoms with van der Waals surface area (Å²) in [6, 6.07) is 9.81. The first kappa shape index (κ1) is 13.4. The minimum absolute atomic E-state index is 0.536. The summed E-state index contributed by atoms with van der Waals surface area (Å²) < 4.78 is 2.15. The summed E-state index contributed by atoms with van der Waals surface area (Å²) in [5, 5.41) is 0.670. The number of aryl methyl sites for hydroxylation is 1. The number of fused-ring (bicyclic) bond motifs is 1. The summed E-state index contributed by atoms with van der Waals surface area (Å²) in [5.74, 6) is 1.49. The van der Waals surface area contributed by atoms with E-state index in [1.54, 1.807) is 6.20 Å². The van der Waals surface area contributed by atoms with Gasteiger partial charge in [0.25, 0.3) is 0 Å². The molecule has 1 aromatic carbocycles. The normalized spacial score (nSPS) is 11.1. The van der Waals surface area contributed by atoms with Crippen LogP contribution in [0.25, 0.3) is 11.0 Å². The molecule has 20 heavy (non-hydrogen) atoms. The maximum Gasteiger partial charge on any atom is 0.111 e. The van der Waals surface area contributed by atoms with Crippen LogP contribution in [0.1, 0.15) is 11.4 Å². The molecule has 0 radical (unpaired) electrons. The molecule has 102 valence electrons. The topological polar surface area (TPSA) is 30.7 Å². The van der Waals surface area contributed by atoms with E-state index in [2.05, 4.69) is 14.5 Å². The third-order valence-electron chi connectivity index (χ3n) is 3.19. The number of pyridine rings is 1. The maximum absolute atomic E-state index is 6.22. The fraction of sp³-hybridized carbons (Fsp3) is 0.200. The molecule has 0 saturated carbocycles. The molecule has 3 aromatic rings. The lowest BCUT2D eigenvalue weighted by atomic mass is 10.2. The van der Waals surface area contributed by atoms with Crippen LogP contribution in [0.4, 0.5) is 0 Å². The fourth-order valence-electron chi connectivity index (χ4n) is 2.29. The lowest BCUT2D eigenvalue weighted by Crippen LogP contribution is -2.06. The van der Waals surface area contributed by atoms with Gasteiger partial charge in [0.1, 0.15) is 11.3 Å². The van der Waals surface area contributed by atoms with Crippen LogP contribution in [0.5, 0.6) is 0 Å². The minimum Gasteiger partial charge on any atom is -0.323 e. The Bertz CT molecular complexity index is 723. The van der Waals surface area contributed by atoms with Crippen LogP contribution in [0.15, 0.2) is 42.7 Å². The molecule has 0 aliphatic rings. The third-order valence-corrected chi connectivity index (χ3v) is 3.68. The average molecular weight is 306 g/mol. The molecule has 0 aliphatic heterocycles. The monoisotopic (exact) mass is 305 g/mol. The Balaban J connectivity index is 2.12. The number of halogens is 2. The van der Waals surface area contributed by atoms with Crippen molar-refractivity contribution >= 4 is 34.2 Å². The summed E-state index contributed by atoms with van der Waals surface area (Å²) in [6.45, 7) is 0.719. The summed E-state index contributed by atoms with van der Waals surface area (Å²) in [6.07, 6.45) is 4.35. The number of rotatable bonds is 4. The van der Waals surface area contributed by atoms with Gasteiger partial charge in [-0.15, -0.1) is 11.6 Å². The van der Waals surface area contributed by atoms with Crippen molar-refractivity contribution in [1.82, 2.24) is 14.5 Å². The highest BCUT2D eigenvalue weighted by Crippen LogP contribution is 2.25. The molecule has 2 heterocycles. The van der Waals surface area contributed by atoms with Crippen molar-refractivity contribution in [3.05, 3.63) is 59.1 Å². The molecule has 0 N–H and O–H groups in total. The van der Waals surface area contributed by atoms with Crippen molar-refractivity contribution in [2.75, 3.05) is 5.88 Å². The van der Waals surface area contributed by atoms with Crippen molar-refractivity contribution in [3.63, 3.8) is 0 Å². The van der Waals surface area contributed by atoms with E-state index in [0.29, 0.717) is 17.3 Å². The van der Waals surface area contributed by atoms with Gasteiger partial charge in [0, 0.05) is 24.7 Å². The average Bonchev–Trinajstić information content (AvgIpc) is 2.81. The molecule has 0 saturated heterocycles. The van der Waals surface area contributed by atoms with Crippen LogP contribution >= 0.6 is 23.2 Å². The zero-order valence-electron chi connectivity index (χ0n) is 10.8. The van der Waals surface area contributed by atoms with Crippen molar-refractivity contribution in [2.45, 2.75) is 13.0 Å². The predicted octanol–water partition coefficient (Wildman–Crippen LogP) is 3.91. The summed E-state index contributed by atoms with van der Waals surface area (Å²) >= 11 is 12.1. The molecule has 0 aliphatic carbocycles. The Morgan fingerprint density at radius 1 is 1.15 bits per heavy atom. The maximum atomic E-state index is 6.22. The van der Waals surface area contributed by atoms with Crippen LogP contribution in [-0.2, 0) is 13.0 Å². The smallest absolute Gasteiger partial charge is 0.111 e. The van der Waals surface area contributed by atoms with Crippen LogP contribution < -0.4 is 0 Å². The number of imidazole rings is 1. The van der Waals surface area contributed by atoms with Crippen LogP contribution in [0, 0.1) is 0 Å². The first-order valence-corrected chi connectivity index (χ1v) is 7.29. The molecule has 3 nitrogen and oxygen atoms in total. The van der Waals surface area contributed by atoms with E-state index in [9.17, 15) is 0 Å². The highest BCUT2D eigenvalue weighted by molar-refractivity contribution is 6.34. The van der Waals surface area contributed by atoms with Crippen molar-refractivity contribution in [1.29, 1.82) is 0 Å². The SMILES string of the molecule is ClCCc1nc2c(Cl)cccc2n1Cc1cccnc1.